The van der Waals surface area contributed by atoms with Crippen molar-refractivity contribution in [3.63, 3.8) is 0 Å². The van der Waals surface area contributed by atoms with Crippen LogP contribution in [0.5, 0.6) is 11.5 Å². The highest BCUT2D eigenvalue weighted by molar-refractivity contribution is 9.10. The van der Waals surface area contributed by atoms with Crippen molar-refractivity contribution < 1.29 is 9.84 Å². The molecule has 0 aliphatic rings. The zero-order valence-electron chi connectivity index (χ0n) is 16.5. The molecule has 1 aromatic heterocycles. The van der Waals surface area contributed by atoms with Crippen LogP contribution in [-0.4, -0.2) is 35.2 Å². The number of phenolic OH excluding ortho intramolecular Hbond substituents is 1. The van der Waals surface area contributed by atoms with Gasteiger partial charge >= 0.3 is 0 Å². The molecular weight excluding hydrogens is 418 g/mol. The lowest BCUT2D eigenvalue weighted by atomic mass is 10.1. The molecule has 2 aromatic carbocycles. The van der Waals surface area contributed by atoms with E-state index in [9.17, 15) is 5.11 Å². The number of hydrogen-bond donors (Lipinski definition) is 2. The summed E-state index contributed by atoms with van der Waals surface area (Å²) >= 11 is 3.58. The number of halogens is 1. The van der Waals surface area contributed by atoms with Crippen molar-refractivity contribution in [3.05, 3.63) is 58.2 Å². The van der Waals surface area contributed by atoms with Gasteiger partial charge in [0.2, 0.25) is 0 Å². The summed E-state index contributed by atoms with van der Waals surface area (Å²) in [4.78, 5) is 6.77. The van der Waals surface area contributed by atoms with Crippen molar-refractivity contribution >= 4 is 32.5 Å². The molecule has 1 heterocycles. The Bertz CT molecular complexity index is 958. The van der Waals surface area contributed by atoms with E-state index in [1.165, 1.54) is 0 Å². The van der Waals surface area contributed by atoms with E-state index in [0.717, 1.165) is 57.6 Å². The molecule has 28 heavy (non-hydrogen) atoms. The minimum Gasteiger partial charge on any atom is -0.507 e. The maximum atomic E-state index is 10.8. The first kappa shape index (κ1) is 20.4. The van der Waals surface area contributed by atoms with Crippen molar-refractivity contribution in [2.45, 2.75) is 26.9 Å². The number of aromatic nitrogens is 1. The lowest BCUT2D eigenvalue weighted by Gasteiger charge is -2.20. The van der Waals surface area contributed by atoms with Crippen LogP contribution in [0.2, 0.25) is 0 Å². The fraction of sp³-hybridized carbons (Fsp3) is 0.318. The lowest BCUT2D eigenvalue weighted by molar-refractivity contribution is 0.290. The second kappa shape index (κ2) is 9.26. The topological polar surface area (TPSA) is 57.6 Å². The Kier molecular flexibility index (Phi) is 6.75. The average molecular weight is 444 g/mol. The first-order chi connectivity index (χ1) is 13.5. The second-order valence-corrected chi connectivity index (χ2v) is 7.55. The molecule has 0 aliphatic carbocycles. The van der Waals surface area contributed by atoms with Gasteiger partial charge in [-0.05, 0) is 37.4 Å². The van der Waals surface area contributed by atoms with Crippen molar-refractivity contribution in [1.82, 2.24) is 9.88 Å². The number of phenols is 1. The molecule has 0 saturated heterocycles. The van der Waals surface area contributed by atoms with Crippen LogP contribution in [0.15, 0.2) is 47.1 Å². The van der Waals surface area contributed by atoms with E-state index in [1.807, 2.05) is 36.4 Å². The average Bonchev–Trinajstić information content (AvgIpc) is 2.72. The number of nitrogens with one attached hydrogen (secondary N) is 1. The molecule has 148 valence electrons. The second-order valence-electron chi connectivity index (χ2n) is 6.64. The minimum absolute atomic E-state index is 0.336. The number of nitrogens with zero attached hydrogens (tertiary/aromatic N) is 2. The van der Waals surface area contributed by atoms with Gasteiger partial charge in [-0.3, -0.25) is 9.88 Å². The summed E-state index contributed by atoms with van der Waals surface area (Å²) in [6.07, 6.45) is 1.78. The number of fused-ring (bicyclic) bond motifs is 1. The predicted octanol–water partition coefficient (Wildman–Crippen LogP) is 5.17. The summed E-state index contributed by atoms with van der Waals surface area (Å²) in [6.45, 7) is 7.34. The van der Waals surface area contributed by atoms with Gasteiger partial charge in [-0.2, -0.15) is 0 Å². The van der Waals surface area contributed by atoms with Gasteiger partial charge in [-0.15, -0.1) is 0 Å². The lowest BCUT2D eigenvalue weighted by Crippen LogP contribution is -2.22. The van der Waals surface area contributed by atoms with Gasteiger partial charge in [0, 0.05) is 46.3 Å². The quantitative estimate of drug-likeness (QED) is 0.502. The molecule has 0 saturated carbocycles. The highest BCUT2D eigenvalue weighted by Crippen LogP contribution is 2.31. The van der Waals surface area contributed by atoms with E-state index in [0.29, 0.717) is 12.3 Å². The van der Waals surface area contributed by atoms with Crippen molar-refractivity contribution in [2.24, 2.45) is 0 Å². The number of aromatic hydroxyl groups is 1. The number of pyridine rings is 1. The van der Waals surface area contributed by atoms with Crippen LogP contribution in [0, 0.1) is 0 Å². The molecular formula is C22H26BrN3O2. The summed E-state index contributed by atoms with van der Waals surface area (Å²) < 4.78 is 6.37. The fourth-order valence-corrected chi connectivity index (χ4v) is 3.82. The van der Waals surface area contributed by atoms with E-state index < -0.39 is 0 Å². The largest absolute Gasteiger partial charge is 0.507 e. The van der Waals surface area contributed by atoms with Crippen molar-refractivity contribution in [2.75, 3.05) is 25.5 Å². The van der Waals surface area contributed by atoms with Gasteiger partial charge in [-0.25, -0.2) is 0 Å². The number of anilines is 1. The molecule has 0 unspecified atom stereocenters. The van der Waals surface area contributed by atoms with E-state index in [2.05, 4.69) is 45.0 Å². The molecule has 0 radical (unpaired) electrons. The molecule has 0 aliphatic heterocycles. The molecule has 2 N–H and O–H groups in total. The van der Waals surface area contributed by atoms with Crippen LogP contribution in [-0.2, 0) is 13.1 Å². The number of rotatable bonds is 8. The maximum absolute atomic E-state index is 10.8. The van der Waals surface area contributed by atoms with Gasteiger partial charge in [0.25, 0.3) is 0 Å². The van der Waals surface area contributed by atoms with Crippen LogP contribution >= 0.6 is 15.9 Å². The summed E-state index contributed by atoms with van der Waals surface area (Å²) in [6, 6.07) is 11.7. The normalized spacial score (nSPS) is 11.2. The van der Waals surface area contributed by atoms with Crippen LogP contribution in [0.25, 0.3) is 10.9 Å². The monoisotopic (exact) mass is 443 g/mol. The summed E-state index contributed by atoms with van der Waals surface area (Å²) in [5.74, 6) is 1.10. The first-order valence-electron chi connectivity index (χ1n) is 9.45. The van der Waals surface area contributed by atoms with Crippen LogP contribution in [0.1, 0.15) is 25.0 Å². The zero-order chi connectivity index (χ0) is 20.1. The highest BCUT2D eigenvalue weighted by Gasteiger charge is 2.13. The van der Waals surface area contributed by atoms with Crippen molar-refractivity contribution in [3.8, 4) is 11.5 Å². The Labute approximate surface area is 174 Å². The van der Waals surface area contributed by atoms with E-state index in [-0.39, 0.29) is 0 Å². The third-order valence-corrected chi connectivity index (χ3v) is 5.36. The zero-order valence-corrected chi connectivity index (χ0v) is 18.1. The summed E-state index contributed by atoms with van der Waals surface area (Å²) in [7, 11) is 1.65. The van der Waals surface area contributed by atoms with Crippen molar-refractivity contribution in [1.29, 1.82) is 0 Å². The predicted molar refractivity (Wildman–Crippen MR) is 118 cm³/mol. The number of hydrogen-bond acceptors (Lipinski definition) is 5. The van der Waals surface area contributed by atoms with Crippen LogP contribution in [0.3, 0.4) is 0 Å². The third kappa shape index (κ3) is 4.56. The van der Waals surface area contributed by atoms with Gasteiger partial charge < -0.3 is 15.2 Å². The molecule has 0 bridgehead atoms. The van der Waals surface area contributed by atoms with Gasteiger partial charge in [0.15, 0.2) is 0 Å². The first-order valence-corrected chi connectivity index (χ1v) is 10.2. The Balaban J connectivity index is 1.89. The molecule has 3 rings (SSSR count). The molecule has 0 fully saturated rings. The molecule has 0 amide bonds. The number of ether oxygens (including phenoxy) is 1. The van der Waals surface area contributed by atoms with Crippen LogP contribution in [0.4, 0.5) is 5.69 Å². The van der Waals surface area contributed by atoms with Crippen LogP contribution < -0.4 is 10.1 Å². The molecule has 3 aromatic rings. The third-order valence-electron chi connectivity index (χ3n) is 4.90. The molecule has 0 spiro atoms. The van der Waals surface area contributed by atoms with E-state index in [4.69, 9.17) is 4.74 Å². The smallest absolute Gasteiger partial charge is 0.125 e. The number of methoxy groups -OCH3 is 1. The SMILES string of the molecule is CCN(CC)Cc1cc(Br)cc(CNc2cc(OC)cc3cccnc23)c1O. The van der Waals surface area contributed by atoms with Gasteiger partial charge in [0.05, 0.1) is 18.3 Å². The standard InChI is InChI=1S/C22H26BrN3O2/c1-4-26(5-2)14-17-10-18(23)9-16(22(17)27)13-25-20-12-19(28-3)11-15-7-6-8-24-21(15)20/h6-12,25,27H,4-5,13-14H2,1-3H3. The number of benzene rings is 2. The van der Waals surface area contributed by atoms with Gasteiger partial charge in [0.1, 0.15) is 11.5 Å². The molecule has 0 atom stereocenters. The Morgan fingerprint density at radius 2 is 1.89 bits per heavy atom. The summed E-state index contributed by atoms with van der Waals surface area (Å²) in [5, 5.41) is 15.2. The van der Waals surface area contributed by atoms with E-state index >= 15 is 0 Å². The Hall–Kier alpha value is -2.31. The molecule has 6 heteroatoms. The highest BCUT2D eigenvalue weighted by atomic mass is 79.9. The maximum Gasteiger partial charge on any atom is 0.125 e. The minimum atomic E-state index is 0.336. The summed E-state index contributed by atoms with van der Waals surface area (Å²) in [5.41, 5.74) is 3.51. The fourth-order valence-electron chi connectivity index (χ4n) is 3.27. The Morgan fingerprint density at radius 3 is 2.61 bits per heavy atom. The van der Waals surface area contributed by atoms with E-state index in [1.54, 1.807) is 13.3 Å². The van der Waals surface area contributed by atoms with Gasteiger partial charge in [-0.1, -0.05) is 35.8 Å². The molecule has 5 nitrogen and oxygen atoms in total. The Morgan fingerprint density at radius 1 is 1.14 bits per heavy atom.